The summed E-state index contributed by atoms with van der Waals surface area (Å²) < 4.78 is 6.64. The van der Waals surface area contributed by atoms with E-state index < -0.39 is 0 Å². The van der Waals surface area contributed by atoms with Gasteiger partial charge in [-0.15, -0.1) is 0 Å². The molecule has 1 rings (SSSR count). The lowest BCUT2D eigenvalue weighted by atomic mass is 9.98. The Morgan fingerprint density at radius 1 is 1.19 bits per heavy atom. The first kappa shape index (κ1) is 13.9. The predicted molar refractivity (Wildman–Crippen MR) is 75.7 cm³/mol. The van der Waals surface area contributed by atoms with Crippen LogP contribution in [-0.2, 0) is 0 Å². The molecule has 0 saturated heterocycles. The van der Waals surface area contributed by atoms with E-state index >= 15 is 0 Å². The molecule has 0 saturated carbocycles. The summed E-state index contributed by atoms with van der Waals surface area (Å²) in [5.41, 5.74) is 4.65. The van der Waals surface area contributed by atoms with Gasteiger partial charge in [0.05, 0.1) is 12.5 Å². The average molecular weight is 304 g/mol. The van der Waals surface area contributed by atoms with Crippen molar-refractivity contribution in [2.24, 2.45) is 0 Å². The first-order chi connectivity index (χ1) is 7.45. The third kappa shape index (κ3) is 2.24. The average Bonchev–Trinajstić information content (AvgIpc) is 2.29. The summed E-state index contributed by atoms with van der Waals surface area (Å²) in [5, 5.41) is 3.11. The third-order valence-corrected chi connectivity index (χ3v) is 4.67. The van der Waals surface area contributed by atoms with E-state index in [1.807, 2.05) is 7.05 Å². The van der Waals surface area contributed by atoms with E-state index in [4.69, 9.17) is 4.74 Å². The van der Waals surface area contributed by atoms with Gasteiger partial charge in [-0.2, -0.15) is 12.6 Å². The number of nitrogens with one attached hydrogen (secondary N) is 1. The highest BCUT2D eigenvalue weighted by Gasteiger charge is 2.20. The van der Waals surface area contributed by atoms with Crippen LogP contribution in [-0.4, -0.2) is 14.2 Å². The number of hydrogen-bond donors (Lipinski definition) is 2. The van der Waals surface area contributed by atoms with Crippen molar-refractivity contribution in [2.45, 2.75) is 26.1 Å². The molecule has 1 N–H and O–H groups in total. The number of ether oxygens (including phenoxy) is 1. The molecule has 4 heteroatoms. The first-order valence-corrected chi connectivity index (χ1v) is 6.45. The van der Waals surface area contributed by atoms with Gasteiger partial charge in [0.15, 0.2) is 0 Å². The second-order valence-corrected chi connectivity index (χ2v) is 5.14. The van der Waals surface area contributed by atoms with E-state index in [9.17, 15) is 0 Å². The van der Waals surface area contributed by atoms with Crippen molar-refractivity contribution in [1.82, 2.24) is 5.32 Å². The van der Waals surface area contributed by atoms with Crippen LogP contribution in [0, 0.1) is 20.8 Å². The number of benzene rings is 1. The van der Waals surface area contributed by atoms with Crippen molar-refractivity contribution in [3.05, 3.63) is 26.7 Å². The summed E-state index contributed by atoms with van der Waals surface area (Å²) in [4.78, 5) is 0. The second kappa shape index (κ2) is 5.43. The number of thiol groups is 1. The fourth-order valence-corrected chi connectivity index (χ4v) is 2.67. The van der Waals surface area contributed by atoms with Gasteiger partial charge in [0.1, 0.15) is 5.75 Å². The van der Waals surface area contributed by atoms with Gasteiger partial charge < -0.3 is 10.1 Å². The Morgan fingerprint density at radius 2 is 1.75 bits per heavy atom. The molecule has 0 bridgehead atoms. The number of rotatable bonds is 3. The van der Waals surface area contributed by atoms with E-state index in [1.165, 1.54) is 11.1 Å². The maximum Gasteiger partial charge on any atom is 0.128 e. The largest absolute Gasteiger partial charge is 0.496 e. The van der Waals surface area contributed by atoms with E-state index in [0.29, 0.717) is 0 Å². The van der Waals surface area contributed by atoms with Crippen LogP contribution in [0.25, 0.3) is 0 Å². The van der Waals surface area contributed by atoms with Crippen LogP contribution in [0.15, 0.2) is 4.47 Å². The molecule has 0 amide bonds. The monoisotopic (exact) mass is 303 g/mol. The maximum atomic E-state index is 5.51. The fraction of sp³-hybridized carbons (Fsp3) is 0.500. The normalized spacial score (nSPS) is 12.7. The summed E-state index contributed by atoms with van der Waals surface area (Å²) in [6.45, 7) is 6.23. The molecule has 0 spiro atoms. The molecule has 1 aromatic carbocycles. The zero-order chi connectivity index (χ0) is 12.5. The quantitative estimate of drug-likeness (QED) is 0.658. The van der Waals surface area contributed by atoms with Crippen LogP contribution >= 0.6 is 28.6 Å². The van der Waals surface area contributed by atoms with Gasteiger partial charge in [0.2, 0.25) is 0 Å². The van der Waals surface area contributed by atoms with Crippen molar-refractivity contribution < 1.29 is 4.74 Å². The molecule has 0 aliphatic rings. The highest BCUT2D eigenvalue weighted by Crippen LogP contribution is 2.40. The van der Waals surface area contributed by atoms with Crippen LogP contribution in [0.5, 0.6) is 5.75 Å². The molecule has 16 heavy (non-hydrogen) atoms. The standard InChI is InChI=1S/C12H18BrNOS/c1-6-7(2)11(15-5)9(12(16)14-4)8(3)10(6)13/h12,14,16H,1-5H3. The van der Waals surface area contributed by atoms with Crippen molar-refractivity contribution >= 4 is 28.6 Å². The minimum atomic E-state index is -0.0226. The molecule has 1 atom stereocenters. The molecule has 2 nitrogen and oxygen atoms in total. The molecular formula is C12H18BrNOS. The fourth-order valence-electron chi connectivity index (χ4n) is 1.84. The van der Waals surface area contributed by atoms with Gasteiger partial charge >= 0.3 is 0 Å². The van der Waals surface area contributed by atoms with Gasteiger partial charge in [-0.05, 0) is 44.5 Å². The number of hydrogen-bond acceptors (Lipinski definition) is 3. The lowest BCUT2D eigenvalue weighted by Crippen LogP contribution is -2.14. The number of methoxy groups -OCH3 is 1. The van der Waals surface area contributed by atoms with Gasteiger partial charge in [0, 0.05) is 10.0 Å². The molecule has 0 aliphatic heterocycles. The Balaban J connectivity index is 3.57. The zero-order valence-electron chi connectivity index (χ0n) is 10.3. The Kier molecular flexibility index (Phi) is 4.71. The van der Waals surface area contributed by atoms with Crippen LogP contribution in [0.1, 0.15) is 27.6 Å². The van der Waals surface area contributed by atoms with Crippen LogP contribution in [0.3, 0.4) is 0 Å². The summed E-state index contributed by atoms with van der Waals surface area (Å²) in [6, 6.07) is 0. The topological polar surface area (TPSA) is 21.3 Å². The zero-order valence-corrected chi connectivity index (χ0v) is 12.8. The molecule has 0 heterocycles. The predicted octanol–water partition coefficient (Wildman–Crippen LogP) is 3.53. The van der Waals surface area contributed by atoms with Crippen LogP contribution in [0.4, 0.5) is 0 Å². The highest BCUT2D eigenvalue weighted by atomic mass is 79.9. The Bertz CT molecular complexity index is 407. The van der Waals surface area contributed by atoms with Crippen molar-refractivity contribution in [3.63, 3.8) is 0 Å². The van der Waals surface area contributed by atoms with Gasteiger partial charge in [0.25, 0.3) is 0 Å². The molecule has 0 aromatic heterocycles. The Hall–Kier alpha value is -0.190. The molecule has 0 radical (unpaired) electrons. The highest BCUT2D eigenvalue weighted by molar-refractivity contribution is 9.10. The summed E-state index contributed by atoms with van der Waals surface area (Å²) in [5.74, 6) is 0.924. The summed E-state index contributed by atoms with van der Waals surface area (Å²) >= 11 is 8.15. The molecular weight excluding hydrogens is 286 g/mol. The minimum absolute atomic E-state index is 0.0226. The van der Waals surface area contributed by atoms with Gasteiger partial charge in [-0.25, -0.2) is 0 Å². The molecule has 90 valence electrons. The van der Waals surface area contributed by atoms with Crippen molar-refractivity contribution in [1.29, 1.82) is 0 Å². The van der Waals surface area contributed by atoms with Gasteiger partial charge in [-0.1, -0.05) is 15.9 Å². The SMILES string of the molecule is CNC(S)c1c(C)c(Br)c(C)c(C)c1OC. The molecule has 0 aliphatic carbocycles. The summed E-state index contributed by atoms with van der Waals surface area (Å²) in [7, 11) is 3.59. The van der Waals surface area contributed by atoms with E-state index in [1.54, 1.807) is 7.11 Å². The van der Waals surface area contributed by atoms with E-state index in [-0.39, 0.29) is 5.37 Å². The number of halogens is 1. The Labute approximate surface area is 111 Å². The van der Waals surface area contributed by atoms with E-state index in [0.717, 1.165) is 21.3 Å². The van der Waals surface area contributed by atoms with Gasteiger partial charge in [-0.3, -0.25) is 0 Å². The van der Waals surface area contributed by atoms with E-state index in [2.05, 4.69) is 54.6 Å². The molecule has 1 unspecified atom stereocenters. The van der Waals surface area contributed by atoms with Crippen molar-refractivity contribution in [2.75, 3.05) is 14.2 Å². The summed E-state index contributed by atoms with van der Waals surface area (Å²) in [6.07, 6.45) is 0. The maximum absolute atomic E-state index is 5.51. The Morgan fingerprint density at radius 3 is 2.19 bits per heavy atom. The van der Waals surface area contributed by atoms with Crippen molar-refractivity contribution in [3.8, 4) is 5.75 Å². The smallest absolute Gasteiger partial charge is 0.128 e. The third-order valence-electron chi connectivity index (χ3n) is 2.96. The van der Waals surface area contributed by atoms with Crippen LogP contribution < -0.4 is 10.1 Å². The van der Waals surface area contributed by atoms with Crippen LogP contribution in [0.2, 0.25) is 0 Å². The molecule has 0 fully saturated rings. The lowest BCUT2D eigenvalue weighted by molar-refractivity contribution is 0.404. The lowest BCUT2D eigenvalue weighted by Gasteiger charge is -2.22. The second-order valence-electron chi connectivity index (χ2n) is 3.83. The minimum Gasteiger partial charge on any atom is -0.496 e. The first-order valence-electron chi connectivity index (χ1n) is 5.14. The molecule has 1 aromatic rings.